The smallest absolute Gasteiger partial charge is 0.317 e. The van der Waals surface area contributed by atoms with Gasteiger partial charge in [-0.25, -0.2) is 8.78 Å². The minimum absolute atomic E-state index is 0.0869. The van der Waals surface area contributed by atoms with Gasteiger partial charge >= 0.3 is 5.97 Å². The molecule has 108 valence electrons. The summed E-state index contributed by atoms with van der Waals surface area (Å²) in [6.07, 6.45) is 0. The minimum atomic E-state index is -1.15. The van der Waals surface area contributed by atoms with Crippen molar-refractivity contribution in [1.29, 1.82) is 0 Å². The molecule has 1 saturated heterocycles. The summed E-state index contributed by atoms with van der Waals surface area (Å²) in [7, 11) is 0. The Morgan fingerprint density at radius 2 is 1.80 bits per heavy atom. The van der Waals surface area contributed by atoms with Crippen molar-refractivity contribution in [3.05, 3.63) is 35.4 Å². The van der Waals surface area contributed by atoms with E-state index in [4.69, 9.17) is 5.11 Å². The zero-order valence-corrected chi connectivity index (χ0v) is 10.7. The van der Waals surface area contributed by atoms with Crippen LogP contribution >= 0.6 is 0 Å². The number of carboxylic acids is 1. The molecule has 5 nitrogen and oxygen atoms in total. The van der Waals surface area contributed by atoms with E-state index in [1.165, 1.54) is 17.0 Å². The SMILES string of the molecule is O=C(O)CN1CCN(C(=O)c2cccc(F)c2F)CC1. The molecule has 20 heavy (non-hydrogen) atoms. The number of carbonyl (C=O) groups is 2. The summed E-state index contributed by atoms with van der Waals surface area (Å²) in [4.78, 5) is 25.7. The van der Waals surface area contributed by atoms with Crippen LogP contribution in [-0.2, 0) is 4.79 Å². The van der Waals surface area contributed by atoms with Crippen LogP contribution in [0.15, 0.2) is 18.2 Å². The molecular formula is C13H14F2N2O3. The molecule has 0 aromatic heterocycles. The zero-order valence-electron chi connectivity index (χ0n) is 10.7. The number of aliphatic carboxylic acids is 1. The Kier molecular flexibility index (Phi) is 4.29. The number of hydrogen-bond acceptors (Lipinski definition) is 3. The maximum absolute atomic E-state index is 13.5. The molecule has 0 bridgehead atoms. The monoisotopic (exact) mass is 284 g/mol. The van der Waals surface area contributed by atoms with E-state index >= 15 is 0 Å². The van der Waals surface area contributed by atoms with Gasteiger partial charge in [-0.1, -0.05) is 6.07 Å². The Balaban J connectivity index is 2.02. The number of amides is 1. The van der Waals surface area contributed by atoms with Crippen molar-refractivity contribution in [3.8, 4) is 0 Å². The van der Waals surface area contributed by atoms with E-state index in [1.807, 2.05) is 0 Å². The van der Waals surface area contributed by atoms with E-state index < -0.39 is 23.5 Å². The van der Waals surface area contributed by atoms with Crippen molar-refractivity contribution >= 4 is 11.9 Å². The normalized spacial score (nSPS) is 16.2. The number of rotatable bonds is 3. The fraction of sp³-hybridized carbons (Fsp3) is 0.385. The van der Waals surface area contributed by atoms with E-state index in [0.717, 1.165) is 6.07 Å². The number of halogens is 2. The van der Waals surface area contributed by atoms with Crippen LogP contribution in [0.2, 0.25) is 0 Å². The predicted molar refractivity (Wildman–Crippen MR) is 66.3 cm³/mol. The topological polar surface area (TPSA) is 60.9 Å². The molecular weight excluding hydrogens is 270 g/mol. The van der Waals surface area contributed by atoms with Gasteiger partial charge in [0.1, 0.15) is 0 Å². The third kappa shape index (κ3) is 3.11. The maximum Gasteiger partial charge on any atom is 0.317 e. The van der Waals surface area contributed by atoms with Gasteiger partial charge in [0.25, 0.3) is 5.91 Å². The van der Waals surface area contributed by atoms with Gasteiger partial charge in [-0.15, -0.1) is 0 Å². The van der Waals surface area contributed by atoms with Gasteiger partial charge in [0.15, 0.2) is 11.6 Å². The van der Waals surface area contributed by atoms with Crippen LogP contribution in [0, 0.1) is 11.6 Å². The van der Waals surface area contributed by atoms with Crippen LogP contribution in [-0.4, -0.2) is 59.5 Å². The molecule has 1 heterocycles. The van der Waals surface area contributed by atoms with Crippen LogP contribution < -0.4 is 0 Å². The second-order valence-corrected chi connectivity index (χ2v) is 4.56. The Morgan fingerprint density at radius 1 is 1.15 bits per heavy atom. The number of nitrogens with zero attached hydrogens (tertiary/aromatic N) is 2. The zero-order chi connectivity index (χ0) is 14.7. The molecule has 0 saturated carbocycles. The third-order valence-corrected chi connectivity index (χ3v) is 3.20. The quantitative estimate of drug-likeness (QED) is 0.892. The molecule has 7 heteroatoms. The molecule has 0 radical (unpaired) electrons. The molecule has 0 atom stereocenters. The van der Waals surface area contributed by atoms with Crippen LogP contribution in [0.4, 0.5) is 8.78 Å². The molecule has 1 aliphatic heterocycles. The number of carboxylic acid groups (broad SMARTS) is 1. The third-order valence-electron chi connectivity index (χ3n) is 3.20. The largest absolute Gasteiger partial charge is 0.480 e. The minimum Gasteiger partial charge on any atom is -0.480 e. The number of benzene rings is 1. The van der Waals surface area contributed by atoms with Gasteiger partial charge in [0.05, 0.1) is 12.1 Å². The highest BCUT2D eigenvalue weighted by Gasteiger charge is 2.25. The van der Waals surface area contributed by atoms with Crippen LogP contribution in [0.5, 0.6) is 0 Å². The summed E-state index contributed by atoms with van der Waals surface area (Å²) >= 11 is 0. The Morgan fingerprint density at radius 3 is 2.40 bits per heavy atom. The first-order valence-corrected chi connectivity index (χ1v) is 6.16. The number of carbonyl (C=O) groups excluding carboxylic acids is 1. The molecule has 1 aliphatic rings. The number of hydrogen-bond donors (Lipinski definition) is 1. The van der Waals surface area contributed by atoms with E-state index in [-0.39, 0.29) is 12.1 Å². The first-order chi connectivity index (χ1) is 9.49. The molecule has 0 aliphatic carbocycles. The molecule has 1 fully saturated rings. The highest BCUT2D eigenvalue weighted by Crippen LogP contribution is 2.15. The van der Waals surface area contributed by atoms with E-state index in [2.05, 4.69) is 0 Å². The maximum atomic E-state index is 13.5. The van der Waals surface area contributed by atoms with E-state index in [1.54, 1.807) is 4.90 Å². The summed E-state index contributed by atoms with van der Waals surface area (Å²) in [5, 5.41) is 8.67. The number of piperazine rings is 1. The second kappa shape index (κ2) is 5.96. The fourth-order valence-corrected chi connectivity index (χ4v) is 2.14. The van der Waals surface area contributed by atoms with Crippen molar-refractivity contribution in [2.75, 3.05) is 32.7 Å². The van der Waals surface area contributed by atoms with Crippen molar-refractivity contribution in [2.45, 2.75) is 0 Å². The molecule has 1 N–H and O–H groups in total. The first kappa shape index (κ1) is 14.4. The summed E-state index contributed by atoms with van der Waals surface area (Å²) in [5.41, 5.74) is -0.295. The molecule has 1 amide bonds. The predicted octanol–water partition coefficient (Wildman–Crippen LogP) is 0.807. The lowest BCUT2D eigenvalue weighted by Gasteiger charge is -2.33. The summed E-state index contributed by atoms with van der Waals surface area (Å²) < 4.78 is 26.6. The van der Waals surface area contributed by atoms with Crippen molar-refractivity contribution in [3.63, 3.8) is 0 Å². The Bertz CT molecular complexity index is 528. The summed E-state index contributed by atoms with van der Waals surface area (Å²) in [6.45, 7) is 1.30. The average Bonchev–Trinajstić information content (AvgIpc) is 2.41. The van der Waals surface area contributed by atoms with Gasteiger partial charge in [-0.2, -0.15) is 0 Å². The van der Waals surface area contributed by atoms with Gasteiger partial charge in [-0.05, 0) is 12.1 Å². The lowest BCUT2D eigenvalue weighted by molar-refractivity contribution is -0.138. The molecule has 1 aromatic rings. The van der Waals surface area contributed by atoms with Crippen molar-refractivity contribution in [1.82, 2.24) is 9.80 Å². The van der Waals surface area contributed by atoms with E-state index in [0.29, 0.717) is 26.2 Å². The fourth-order valence-electron chi connectivity index (χ4n) is 2.14. The van der Waals surface area contributed by atoms with Gasteiger partial charge in [-0.3, -0.25) is 14.5 Å². The van der Waals surface area contributed by atoms with Gasteiger partial charge in [0.2, 0.25) is 0 Å². The second-order valence-electron chi connectivity index (χ2n) is 4.56. The van der Waals surface area contributed by atoms with Crippen LogP contribution in [0.1, 0.15) is 10.4 Å². The van der Waals surface area contributed by atoms with E-state index in [9.17, 15) is 18.4 Å². The molecule has 0 unspecified atom stereocenters. The van der Waals surface area contributed by atoms with Crippen LogP contribution in [0.3, 0.4) is 0 Å². The molecule has 2 rings (SSSR count). The van der Waals surface area contributed by atoms with Crippen molar-refractivity contribution in [2.24, 2.45) is 0 Å². The van der Waals surface area contributed by atoms with Crippen molar-refractivity contribution < 1.29 is 23.5 Å². The summed E-state index contributed by atoms with van der Waals surface area (Å²) in [5.74, 6) is -3.70. The lowest BCUT2D eigenvalue weighted by Crippen LogP contribution is -2.50. The standard InChI is InChI=1S/C13H14F2N2O3/c14-10-3-1-2-9(12(10)15)13(20)17-6-4-16(5-7-17)8-11(18)19/h1-3H,4-8H2,(H,18,19). The highest BCUT2D eigenvalue weighted by atomic mass is 19.2. The molecule has 1 aromatic carbocycles. The molecule has 0 spiro atoms. The van der Waals surface area contributed by atoms with Gasteiger partial charge < -0.3 is 10.0 Å². The highest BCUT2D eigenvalue weighted by molar-refractivity contribution is 5.94. The van der Waals surface area contributed by atoms with Crippen LogP contribution in [0.25, 0.3) is 0 Å². The first-order valence-electron chi connectivity index (χ1n) is 6.16. The Labute approximate surface area is 114 Å². The average molecular weight is 284 g/mol. The van der Waals surface area contributed by atoms with Gasteiger partial charge in [0, 0.05) is 26.2 Å². The lowest BCUT2D eigenvalue weighted by atomic mass is 10.1. The summed E-state index contributed by atoms with van der Waals surface area (Å²) in [6, 6.07) is 3.48. The Hall–Kier alpha value is -2.02.